The van der Waals surface area contributed by atoms with Crippen LogP contribution in [0.1, 0.15) is 36.1 Å². The number of rotatable bonds is 6. The van der Waals surface area contributed by atoms with E-state index in [9.17, 15) is 4.79 Å². The van der Waals surface area contributed by atoms with Crippen molar-refractivity contribution >= 4 is 23.5 Å². The molecule has 2 aromatic rings. The lowest BCUT2D eigenvalue weighted by Gasteiger charge is -2.52. The van der Waals surface area contributed by atoms with E-state index in [0.29, 0.717) is 23.6 Å². The van der Waals surface area contributed by atoms with E-state index in [1.807, 2.05) is 24.3 Å². The fourth-order valence-electron chi connectivity index (χ4n) is 5.58. The smallest absolute Gasteiger partial charge is 0.251 e. The number of primary amides is 1. The number of nitrogens with two attached hydrogens (primary N) is 1. The van der Waals surface area contributed by atoms with Crippen LogP contribution in [0, 0.1) is 0 Å². The maximum absolute atomic E-state index is 12.9. The Morgan fingerprint density at radius 3 is 2.76 bits per heavy atom. The highest BCUT2D eigenvalue weighted by Crippen LogP contribution is 2.38. The summed E-state index contributed by atoms with van der Waals surface area (Å²) >= 11 is 0. The highest BCUT2D eigenvalue weighted by molar-refractivity contribution is 5.96. The van der Waals surface area contributed by atoms with Gasteiger partial charge in [0.2, 0.25) is 0 Å². The normalized spacial score (nSPS) is 30.1. The van der Waals surface area contributed by atoms with Gasteiger partial charge >= 0.3 is 0 Å². The molecule has 5 heterocycles. The molecule has 0 radical (unpaired) electrons. The van der Waals surface area contributed by atoms with Gasteiger partial charge in [0.25, 0.3) is 5.91 Å². The third kappa shape index (κ3) is 3.73. The molecule has 1 aromatic carbocycles. The van der Waals surface area contributed by atoms with Gasteiger partial charge in [0, 0.05) is 31.2 Å². The Morgan fingerprint density at radius 2 is 2.06 bits per heavy atom. The molecular formula is C25H31N7O2. The summed E-state index contributed by atoms with van der Waals surface area (Å²) in [4.78, 5) is 24.2. The second kappa shape index (κ2) is 8.65. The zero-order chi connectivity index (χ0) is 23.1. The van der Waals surface area contributed by atoms with E-state index >= 15 is 0 Å². The quantitative estimate of drug-likeness (QED) is 0.511. The van der Waals surface area contributed by atoms with Crippen molar-refractivity contribution in [3.05, 3.63) is 53.5 Å². The van der Waals surface area contributed by atoms with Crippen LogP contribution in [0.3, 0.4) is 0 Å². The number of ether oxygens (including phenoxy) is 1. The Hall–Kier alpha value is -3.01. The van der Waals surface area contributed by atoms with Gasteiger partial charge in [-0.1, -0.05) is 24.3 Å². The summed E-state index contributed by atoms with van der Waals surface area (Å²) < 4.78 is 5.60. The highest BCUT2D eigenvalue weighted by Gasteiger charge is 2.42. The summed E-state index contributed by atoms with van der Waals surface area (Å²) in [5.74, 6) is 0.225. The van der Waals surface area contributed by atoms with Crippen LogP contribution >= 0.6 is 0 Å². The van der Waals surface area contributed by atoms with E-state index in [1.165, 1.54) is 12.0 Å². The average Bonchev–Trinajstić information content (AvgIpc) is 2.88. The minimum Gasteiger partial charge on any atom is -0.378 e. The third-order valence-corrected chi connectivity index (χ3v) is 7.59. The summed E-state index contributed by atoms with van der Waals surface area (Å²) in [6.45, 7) is 4.45. The van der Waals surface area contributed by atoms with Gasteiger partial charge in [-0.15, -0.1) is 0 Å². The Bertz CT molecular complexity index is 1080. The lowest BCUT2D eigenvalue weighted by Crippen LogP contribution is -2.62. The number of fused-ring (bicyclic) bond motifs is 3. The lowest BCUT2D eigenvalue weighted by atomic mass is 9.85. The van der Waals surface area contributed by atoms with Crippen LogP contribution in [0.25, 0.3) is 6.08 Å². The van der Waals surface area contributed by atoms with Crippen LogP contribution in [0.5, 0.6) is 0 Å². The van der Waals surface area contributed by atoms with E-state index in [4.69, 9.17) is 10.5 Å². The fraction of sp³-hybridized carbons (Fsp3) is 0.480. The summed E-state index contributed by atoms with van der Waals surface area (Å²) in [5, 5.41) is 10.3. The Balaban J connectivity index is 1.25. The van der Waals surface area contributed by atoms with E-state index in [1.54, 1.807) is 6.33 Å². The molecule has 9 heteroatoms. The second-order valence-corrected chi connectivity index (χ2v) is 9.75. The van der Waals surface area contributed by atoms with Gasteiger partial charge < -0.3 is 26.4 Å². The molecular weight excluding hydrogens is 430 g/mol. The molecule has 3 saturated heterocycles. The number of piperidine rings is 1. The second-order valence-electron chi connectivity index (χ2n) is 9.75. The minimum absolute atomic E-state index is 0.272. The molecule has 5 N–H and O–H groups in total. The van der Waals surface area contributed by atoms with Gasteiger partial charge in [0.1, 0.15) is 12.0 Å². The fourth-order valence-corrected chi connectivity index (χ4v) is 5.58. The molecule has 3 fully saturated rings. The van der Waals surface area contributed by atoms with Gasteiger partial charge in [0.15, 0.2) is 11.4 Å². The molecule has 2 bridgehead atoms. The van der Waals surface area contributed by atoms with Crippen LogP contribution in [0.2, 0.25) is 0 Å². The van der Waals surface area contributed by atoms with Gasteiger partial charge in [-0.3, -0.25) is 9.69 Å². The number of morpholine rings is 1. The van der Waals surface area contributed by atoms with Crippen molar-refractivity contribution < 1.29 is 9.53 Å². The monoisotopic (exact) mass is 461 g/mol. The Kier molecular flexibility index (Phi) is 5.47. The predicted octanol–water partition coefficient (Wildman–Crippen LogP) is 1.43. The summed E-state index contributed by atoms with van der Waals surface area (Å²) in [6, 6.07) is 9.50. The number of hydrogen-bond acceptors (Lipinski definition) is 8. The van der Waals surface area contributed by atoms with Gasteiger partial charge in [-0.05, 0) is 49.1 Å². The number of hydrogen-bond donors (Lipinski definition) is 4. The largest absolute Gasteiger partial charge is 0.378 e. The first kappa shape index (κ1) is 21.5. The maximum Gasteiger partial charge on any atom is 0.251 e. The van der Waals surface area contributed by atoms with Crippen molar-refractivity contribution in [1.82, 2.24) is 20.2 Å². The number of aromatic nitrogens is 2. The van der Waals surface area contributed by atoms with Gasteiger partial charge in [-0.25, -0.2) is 9.97 Å². The molecule has 6 rings (SSSR count). The SMILES string of the molecule is NC(=O)C1(c2ccc(CN3C4COCC3C4)cc2)C=Cc2ncnc(N[C@H]3CCCNC3)c2N1. The predicted molar refractivity (Wildman–Crippen MR) is 130 cm³/mol. The van der Waals surface area contributed by atoms with Crippen LogP contribution in [-0.2, 0) is 21.6 Å². The summed E-state index contributed by atoms with van der Waals surface area (Å²) in [5.41, 5.74) is 8.28. The first-order valence-corrected chi connectivity index (χ1v) is 12.1. The standard InChI is InChI=1S/C25H31N7O2/c26-24(33)25(17-5-3-16(4-6-17)12-32-19-10-20(32)14-34-13-19)8-7-21-22(31-25)23(29-15-28-21)30-18-2-1-9-27-11-18/h3-8,15,18-20,27,31H,1-2,9-14H2,(H2,26,33)(H,28,29,30)/t18-,19?,20?,25?/m0/s1. The number of carbonyl (C=O) groups excluding carboxylic acids is 1. The van der Waals surface area contributed by atoms with Crippen molar-refractivity contribution in [3.63, 3.8) is 0 Å². The molecule has 178 valence electrons. The molecule has 0 spiro atoms. The highest BCUT2D eigenvalue weighted by atomic mass is 16.5. The van der Waals surface area contributed by atoms with Crippen molar-refractivity contribution in [3.8, 4) is 0 Å². The number of amides is 1. The maximum atomic E-state index is 12.9. The molecule has 0 aliphatic carbocycles. The average molecular weight is 462 g/mol. The van der Waals surface area contributed by atoms with E-state index < -0.39 is 11.4 Å². The van der Waals surface area contributed by atoms with Crippen LogP contribution < -0.4 is 21.7 Å². The Morgan fingerprint density at radius 1 is 1.24 bits per heavy atom. The molecule has 3 unspecified atom stereocenters. The molecule has 4 aliphatic rings. The molecule has 1 aromatic heterocycles. The molecule has 1 amide bonds. The van der Waals surface area contributed by atoms with Crippen molar-refractivity contribution in [2.45, 2.75) is 49.5 Å². The molecule has 9 nitrogen and oxygen atoms in total. The minimum atomic E-state index is -1.17. The zero-order valence-electron chi connectivity index (χ0n) is 19.2. The first-order valence-electron chi connectivity index (χ1n) is 12.1. The van der Waals surface area contributed by atoms with Crippen molar-refractivity contribution in [2.75, 3.05) is 36.9 Å². The number of nitrogens with one attached hydrogen (secondary N) is 3. The topological polar surface area (TPSA) is 117 Å². The molecule has 0 saturated carbocycles. The van der Waals surface area contributed by atoms with E-state index in [0.717, 1.165) is 56.9 Å². The third-order valence-electron chi connectivity index (χ3n) is 7.59. The summed E-state index contributed by atoms with van der Waals surface area (Å²) in [6.07, 6.45) is 8.62. The van der Waals surface area contributed by atoms with Gasteiger partial charge in [0.05, 0.1) is 18.9 Å². The first-order chi connectivity index (χ1) is 16.6. The van der Waals surface area contributed by atoms with E-state index in [-0.39, 0.29) is 6.04 Å². The van der Waals surface area contributed by atoms with E-state index in [2.05, 4.69) is 43.0 Å². The molecule has 4 aliphatic heterocycles. The van der Waals surface area contributed by atoms with Crippen LogP contribution in [0.15, 0.2) is 36.7 Å². The lowest BCUT2D eigenvalue weighted by molar-refractivity contribution is -0.131. The van der Waals surface area contributed by atoms with Crippen molar-refractivity contribution in [1.29, 1.82) is 0 Å². The van der Waals surface area contributed by atoms with Crippen LogP contribution in [-0.4, -0.2) is 65.2 Å². The number of nitrogens with zero attached hydrogens (tertiary/aromatic N) is 3. The van der Waals surface area contributed by atoms with Crippen LogP contribution in [0.4, 0.5) is 11.5 Å². The Labute approximate surface area is 199 Å². The molecule has 34 heavy (non-hydrogen) atoms. The zero-order valence-corrected chi connectivity index (χ0v) is 19.2. The van der Waals surface area contributed by atoms with Crippen molar-refractivity contribution in [2.24, 2.45) is 5.73 Å². The summed E-state index contributed by atoms with van der Waals surface area (Å²) in [7, 11) is 0. The van der Waals surface area contributed by atoms with Gasteiger partial charge in [-0.2, -0.15) is 0 Å². The molecule has 4 atom stereocenters. The number of benzene rings is 1. The number of anilines is 2. The number of carbonyl (C=O) groups is 1.